The molecule has 88 valence electrons. The standard InChI is InChI=1S/C14H16N2O/c1-10(2)13-9-12(14(17)16-15-13)8-11-6-4-3-5-7-11/h3-7,9-10H,8H2,1-2H3,(H,16,17). The lowest BCUT2D eigenvalue weighted by atomic mass is 10.0. The summed E-state index contributed by atoms with van der Waals surface area (Å²) < 4.78 is 0. The maximum atomic E-state index is 11.7. The summed E-state index contributed by atoms with van der Waals surface area (Å²) in [6, 6.07) is 11.9. The molecule has 3 nitrogen and oxygen atoms in total. The Hall–Kier alpha value is -1.90. The Morgan fingerprint density at radius 1 is 1.24 bits per heavy atom. The Bertz CT molecular complexity index is 544. The predicted octanol–water partition coefficient (Wildman–Crippen LogP) is 2.48. The molecular formula is C14H16N2O. The molecule has 0 bridgehead atoms. The summed E-state index contributed by atoms with van der Waals surface area (Å²) in [6.45, 7) is 4.12. The van der Waals surface area contributed by atoms with E-state index in [-0.39, 0.29) is 5.56 Å². The van der Waals surface area contributed by atoms with Crippen molar-refractivity contribution >= 4 is 0 Å². The van der Waals surface area contributed by atoms with Gasteiger partial charge in [-0.25, -0.2) is 5.10 Å². The van der Waals surface area contributed by atoms with Crippen LogP contribution in [-0.4, -0.2) is 10.2 Å². The Kier molecular flexibility index (Phi) is 3.38. The third-order valence-corrected chi connectivity index (χ3v) is 2.73. The van der Waals surface area contributed by atoms with E-state index in [9.17, 15) is 4.79 Å². The van der Waals surface area contributed by atoms with Crippen LogP contribution in [0.4, 0.5) is 0 Å². The molecule has 0 saturated heterocycles. The highest BCUT2D eigenvalue weighted by Crippen LogP contribution is 2.12. The molecule has 2 rings (SSSR count). The van der Waals surface area contributed by atoms with Gasteiger partial charge in [0.2, 0.25) is 0 Å². The van der Waals surface area contributed by atoms with Crippen molar-refractivity contribution in [1.82, 2.24) is 10.2 Å². The van der Waals surface area contributed by atoms with Gasteiger partial charge in [0.1, 0.15) is 0 Å². The summed E-state index contributed by atoms with van der Waals surface area (Å²) >= 11 is 0. The van der Waals surface area contributed by atoms with Crippen LogP contribution in [0.1, 0.15) is 36.6 Å². The smallest absolute Gasteiger partial charge is 0.267 e. The van der Waals surface area contributed by atoms with Crippen molar-refractivity contribution in [3.05, 3.63) is 63.6 Å². The minimum Gasteiger partial charge on any atom is -0.268 e. The molecule has 0 unspecified atom stereocenters. The Morgan fingerprint density at radius 3 is 2.59 bits per heavy atom. The van der Waals surface area contributed by atoms with E-state index in [0.29, 0.717) is 12.3 Å². The molecule has 0 radical (unpaired) electrons. The molecule has 17 heavy (non-hydrogen) atoms. The van der Waals surface area contributed by atoms with Gasteiger partial charge in [-0.15, -0.1) is 0 Å². The molecule has 0 atom stereocenters. The molecule has 0 fully saturated rings. The van der Waals surface area contributed by atoms with E-state index in [2.05, 4.69) is 24.0 Å². The molecule has 1 aromatic heterocycles. The van der Waals surface area contributed by atoms with Crippen LogP contribution in [0, 0.1) is 0 Å². The van der Waals surface area contributed by atoms with E-state index in [4.69, 9.17) is 0 Å². The first-order valence-electron chi connectivity index (χ1n) is 5.79. The molecule has 0 aliphatic carbocycles. The van der Waals surface area contributed by atoms with E-state index in [1.807, 2.05) is 36.4 Å². The lowest BCUT2D eigenvalue weighted by Crippen LogP contribution is -2.16. The molecule has 0 saturated carbocycles. The van der Waals surface area contributed by atoms with Crippen molar-refractivity contribution < 1.29 is 0 Å². The van der Waals surface area contributed by atoms with Crippen LogP contribution in [0.15, 0.2) is 41.2 Å². The normalized spacial score (nSPS) is 10.8. The topological polar surface area (TPSA) is 45.8 Å². The van der Waals surface area contributed by atoms with Crippen molar-refractivity contribution in [2.45, 2.75) is 26.2 Å². The van der Waals surface area contributed by atoms with Crippen LogP contribution in [0.5, 0.6) is 0 Å². The third-order valence-electron chi connectivity index (χ3n) is 2.73. The van der Waals surface area contributed by atoms with Gasteiger partial charge >= 0.3 is 0 Å². The fourth-order valence-corrected chi connectivity index (χ4v) is 1.71. The van der Waals surface area contributed by atoms with Gasteiger partial charge < -0.3 is 0 Å². The molecule has 1 heterocycles. The van der Waals surface area contributed by atoms with Crippen LogP contribution < -0.4 is 5.56 Å². The van der Waals surface area contributed by atoms with Gasteiger partial charge in [0.15, 0.2) is 0 Å². The highest BCUT2D eigenvalue weighted by atomic mass is 16.1. The number of benzene rings is 1. The van der Waals surface area contributed by atoms with Gasteiger partial charge in [0, 0.05) is 12.0 Å². The van der Waals surface area contributed by atoms with Crippen LogP contribution in [-0.2, 0) is 6.42 Å². The number of aromatic nitrogens is 2. The summed E-state index contributed by atoms with van der Waals surface area (Å²) in [5, 5.41) is 6.61. The van der Waals surface area contributed by atoms with Gasteiger partial charge in [-0.05, 0) is 17.5 Å². The van der Waals surface area contributed by atoms with Gasteiger partial charge in [-0.3, -0.25) is 4.79 Å². The van der Waals surface area contributed by atoms with E-state index >= 15 is 0 Å². The van der Waals surface area contributed by atoms with E-state index in [0.717, 1.165) is 16.8 Å². The second-order valence-electron chi connectivity index (χ2n) is 4.46. The molecular weight excluding hydrogens is 212 g/mol. The SMILES string of the molecule is CC(C)c1cc(Cc2ccccc2)c(=O)[nH]n1. The first-order valence-corrected chi connectivity index (χ1v) is 5.79. The molecule has 0 aliphatic rings. The highest BCUT2D eigenvalue weighted by molar-refractivity contribution is 5.25. The second kappa shape index (κ2) is 4.95. The summed E-state index contributed by atoms with van der Waals surface area (Å²) in [7, 11) is 0. The Labute approximate surface area is 101 Å². The van der Waals surface area contributed by atoms with Crippen molar-refractivity contribution in [1.29, 1.82) is 0 Å². The summed E-state index contributed by atoms with van der Waals surface area (Å²) in [5.74, 6) is 0.321. The predicted molar refractivity (Wildman–Crippen MR) is 68.2 cm³/mol. The monoisotopic (exact) mass is 228 g/mol. The molecule has 1 aromatic carbocycles. The Morgan fingerprint density at radius 2 is 1.94 bits per heavy atom. The molecule has 1 N–H and O–H groups in total. The quantitative estimate of drug-likeness (QED) is 0.877. The number of nitrogens with one attached hydrogen (secondary N) is 1. The van der Waals surface area contributed by atoms with E-state index in [1.165, 1.54) is 0 Å². The zero-order valence-electron chi connectivity index (χ0n) is 10.1. The fraction of sp³-hybridized carbons (Fsp3) is 0.286. The first-order chi connectivity index (χ1) is 8.16. The molecule has 0 aliphatic heterocycles. The van der Waals surface area contributed by atoms with E-state index < -0.39 is 0 Å². The van der Waals surface area contributed by atoms with Crippen molar-refractivity contribution in [2.24, 2.45) is 0 Å². The minimum absolute atomic E-state index is 0.0988. The minimum atomic E-state index is -0.0988. The number of rotatable bonds is 3. The number of aromatic amines is 1. The Balaban J connectivity index is 2.32. The van der Waals surface area contributed by atoms with Gasteiger partial charge in [0.05, 0.1) is 5.69 Å². The second-order valence-corrected chi connectivity index (χ2v) is 4.46. The fourth-order valence-electron chi connectivity index (χ4n) is 1.71. The average Bonchev–Trinajstić information content (AvgIpc) is 2.33. The van der Waals surface area contributed by atoms with Crippen LogP contribution in [0.2, 0.25) is 0 Å². The van der Waals surface area contributed by atoms with Crippen molar-refractivity contribution in [2.75, 3.05) is 0 Å². The number of nitrogens with zero attached hydrogens (tertiary/aromatic N) is 1. The molecule has 0 spiro atoms. The van der Waals surface area contributed by atoms with Crippen LogP contribution >= 0.6 is 0 Å². The van der Waals surface area contributed by atoms with Gasteiger partial charge in [-0.1, -0.05) is 44.2 Å². The van der Waals surface area contributed by atoms with E-state index in [1.54, 1.807) is 0 Å². The van der Waals surface area contributed by atoms with Crippen LogP contribution in [0.25, 0.3) is 0 Å². The molecule has 2 aromatic rings. The molecule has 0 amide bonds. The average molecular weight is 228 g/mol. The van der Waals surface area contributed by atoms with Gasteiger partial charge in [0.25, 0.3) is 5.56 Å². The summed E-state index contributed by atoms with van der Waals surface area (Å²) in [4.78, 5) is 11.7. The highest BCUT2D eigenvalue weighted by Gasteiger charge is 2.06. The third kappa shape index (κ3) is 2.81. The van der Waals surface area contributed by atoms with Crippen molar-refractivity contribution in [3.8, 4) is 0 Å². The zero-order chi connectivity index (χ0) is 12.3. The lowest BCUT2D eigenvalue weighted by Gasteiger charge is -2.06. The lowest BCUT2D eigenvalue weighted by molar-refractivity contribution is 0.768. The maximum Gasteiger partial charge on any atom is 0.267 e. The van der Waals surface area contributed by atoms with Gasteiger partial charge in [-0.2, -0.15) is 5.10 Å². The zero-order valence-corrected chi connectivity index (χ0v) is 10.1. The number of H-pyrrole nitrogens is 1. The molecule has 3 heteroatoms. The first kappa shape index (κ1) is 11.6. The summed E-state index contributed by atoms with van der Waals surface area (Å²) in [5.41, 5.74) is 2.74. The largest absolute Gasteiger partial charge is 0.268 e. The summed E-state index contributed by atoms with van der Waals surface area (Å²) in [6.07, 6.45) is 0.651. The van der Waals surface area contributed by atoms with Crippen molar-refractivity contribution in [3.63, 3.8) is 0 Å². The maximum absolute atomic E-state index is 11.7. The number of hydrogen-bond acceptors (Lipinski definition) is 2. The van der Waals surface area contributed by atoms with Crippen LogP contribution in [0.3, 0.4) is 0 Å². The number of hydrogen-bond donors (Lipinski definition) is 1.